The number of para-hydroxylation sites is 1. The Morgan fingerprint density at radius 3 is 2.31 bits per heavy atom. The number of amides is 1. The van der Waals surface area contributed by atoms with Gasteiger partial charge in [0.15, 0.2) is 0 Å². The molecule has 180 valence electrons. The van der Waals surface area contributed by atoms with Crippen molar-refractivity contribution in [3.8, 4) is 0 Å². The zero-order chi connectivity index (χ0) is 25.4. The van der Waals surface area contributed by atoms with Crippen molar-refractivity contribution in [2.24, 2.45) is 0 Å². The molecule has 0 aliphatic carbocycles. The molecule has 5 nitrogen and oxygen atoms in total. The lowest BCUT2D eigenvalue weighted by Gasteiger charge is -2.29. The molecule has 1 amide bonds. The number of carbonyl (C=O) groups excluding carboxylic acids is 2. The van der Waals surface area contributed by atoms with Crippen LogP contribution in [0.4, 0.5) is 16.4 Å². The van der Waals surface area contributed by atoms with Crippen LogP contribution in [0.2, 0.25) is 10.0 Å². The van der Waals surface area contributed by atoms with Gasteiger partial charge in [-0.2, -0.15) is 0 Å². The number of fused-ring (bicyclic) bond motifs is 1. The minimum atomic E-state index is -0.568. The average Bonchev–Trinajstić information content (AvgIpc) is 3.19. The molecule has 3 aromatic carbocycles. The third kappa shape index (κ3) is 4.39. The second-order valence-corrected chi connectivity index (χ2v) is 10.2. The number of nitrogens with one attached hydrogen (secondary N) is 2. The number of nitrogen functional groups attached to an aromatic ring is 1. The summed E-state index contributed by atoms with van der Waals surface area (Å²) in [5, 5.41) is 8.05. The summed E-state index contributed by atoms with van der Waals surface area (Å²) in [5.74, 6) is -1.06. The highest BCUT2D eigenvalue weighted by atomic mass is 35.5. The van der Waals surface area contributed by atoms with E-state index in [1.54, 1.807) is 30.3 Å². The molecule has 5 rings (SSSR count). The summed E-state index contributed by atoms with van der Waals surface area (Å²) in [4.78, 5) is 27.4. The van der Waals surface area contributed by atoms with E-state index in [0.29, 0.717) is 53.7 Å². The van der Waals surface area contributed by atoms with Crippen molar-refractivity contribution in [2.45, 2.75) is 12.8 Å². The average molecular weight is 534 g/mol. The molecule has 0 radical (unpaired) electrons. The lowest BCUT2D eigenvalue weighted by Crippen LogP contribution is -2.27. The minimum Gasteiger partial charge on any atom is -0.397 e. The van der Waals surface area contributed by atoms with Gasteiger partial charge in [-0.25, -0.2) is 0 Å². The highest BCUT2D eigenvalue weighted by Gasteiger charge is 2.38. The van der Waals surface area contributed by atoms with E-state index in [0.717, 1.165) is 5.56 Å². The molecule has 1 atom stereocenters. The van der Waals surface area contributed by atoms with Crippen molar-refractivity contribution >= 4 is 62.6 Å². The number of hydrogen-bond donors (Lipinski definition) is 3. The largest absolute Gasteiger partial charge is 0.397 e. The smallest absolute Gasteiger partial charge is 0.254 e. The fraction of sp³-hybridized carbons (Fsp3) is 0.0714. The van der Waals surface area contributed by atoms with Crippen LogP contribution in [0, 0.1) is 0 Å². The van der Waals surface area contributed by atoms with Crippen LogP contribution < -0.4 is 16.4 Å². The van der Waals surface area contributed by atoms with Gasteiger partial charge in [-0.15, -0.1) is 11.3 Å². The number of nitrogens with two attached hydrogens (primary N) is 1. The molecule has 0 spiro atoms. The lowest BCUT2D eigenvalue weighted by molar-refractivity contribution is -0.113. The summed E-state index contributed by atoms with van der Waals surface area (Å²) in [5.41, 5.74) is 10.7. The van der Waals surface area contributed by atoms with Crippen molar-refractivity contribution in [2.75, 3.05) is 16.4 Å². The molecule has 0 saturated heterocycles. The van der Waals surface area contributed by atoms with Gasteiger partial charge < -0.3 is 16.4 Å². The van der Waals surface area contributed by atoms with Gasteiger partial charge in [0.1, 0.15) is 4.88 Å². The topological polar surface area (TPSA) is 84.2 Å². The summed E-state index contributed by atoms with van der Waals surface area (Å²) in [6, 6.07) is 23.3. The van der Waals surface area contributed by atoms with E-state index in [1.165, 1.54) is 11.3 Å². The standard InChI is InChI=1S/C28H21Cl2N3O2S/c1-15-21(27(35)33-18-7-3-2-4-8-18)22(19-9-5-6-10-20(19)30)23-24(31)26(36-28(23)32-15)25(34)16-11-13-17(29)14-12-16/h2-14,22,32H,31H2,1H3,(H,33,35)/t22-/m0/s1. The van der Waals surface area contributed by atoms with Crippen LogP contribution in [0.5, 0.6) is 0 Å². The second-order valence-electron chi connectivity index (χ2n) is 8.36. The van der Waals surface area contributed by atoms with E-state index in [9.17, 15) is 9.59 Å². The fourth-order valence-electron chi connectivity index (χ4n) is 4.38. The Hall–Kier alpha value is -3.58. The number of ketones is 1. The molecule has 1 aliphatic rings. The lowest BCUT2D eigenvalue weighted by atomic mass is 9.81. The number of thiophene rings is 1. The Labute approximate surface area is 222 Å². The molecule has 0 saturated carbocycles. The first-order valence-corrected chi connectivity index (χ1v) is 12.7. The van der Waals surface area contributed by atoms with Crippen molar-refractivity contribution in [3.63, 3.8) is 0 Å². The Balaban J connectivity index is 1.64. The van der Waals surface area contributed by atoms with Crippen LogP contribution in [-0.2, 0) is 4.79 Å². The molecule has 8 heteroatoms. The first-order chi connectivity index (χ1) is 17.3. The van der Waals surface area contributed by atoms with Crippen LogP contribution in [0.15, 0.2) is 90.1 Å². The molecule has 4 N–H and O–H groups in total. The molecule has 1 aromatic heterocycles. The number of carbonyl (C=O) groups is 2. The summed E-state index contributed by atoms with van der Waals surface area (Å²) in [7, 11) is 0. The van der Waals surface area contributed by atoms with Gasteiger partial charge in [-0.1, -0.05) is 59.6 Å². The van der Waals surface area contributed by atoms with Gasteiger partial charge in [0.2, 0.25) is 5.78 Å². The minimum absolute atomic E-state index is 0.212. The van der Waals surface area contributed by atoms with Crippen LogP contribution in [0.1, 0.15) is 39.2 Å². The Morgan fingerprint density at radius 1 is 0.944 bits per heavy atom. The van der Waals surface area contributed by atoms with Gasteiger partial charge >= 0.3 is 0 Å². The maximum Gasteiger partial charge on any atom is 0.254 e. The summed E-state index contributed by atoms with van der Waals surface area (Å²) >= 11 is 13.9. The summed E-state index contributed by atoms with van der Waals surface area (Å²) < 4.78 is 0. The highest BCUT2D eigenvalue weighted by Crippen LogP contribution is 2.51. The molecule has 0 unspecified atom stereocenters. The zero-order valence-corrected chi connectivity index (χ0v) is 21.5. The monoisotopic (exact) mass is 533 g/mol. The Bertz CT molecular complexity index is 1510. The fourth-order valence-corrected chi connectivity index (χ4v) is 5.92. The summed E-state index contributed by atoms with van der Waals surface area (Å²) in [6.07, 6.45) is 0. The molecule has 36 heavy (non-hydrogen) atoms. The van der Waals surface area contributed by atoms with Gasteiger partial charge in [-0.3, -0.25) is 9.59 Å². The third-order valence-corrected chi connectivity index (χ3v) is 7.80. The highest BCUT2D eigenvalue weighted by molar-refractivity contribution is 7.19. The van der Waals surface area contributed by atoms with Crippen molar-refractivity contribution in [1.29, 1.82) is 0 Å². The zero-order valence-electron chi connectivity index (χ0n) is 19.1. The van der Waals surface area contributed by atoms with Gasteiger partial charge in [0.05, 0.1) is 10.7 Å². The van der Waals surface area contributed by atoms with Crippen LogP contribution in [0.3, 0.4) is 0 Å². The number of hydrogen-bond acceptors (Lipinski definition) is 5. The molecule has 2 heterocycles. The first kappa shape index (κ1) is 24.1. The molecule has 4 aromatic rings. The van der Waals surface area contributed by atoms with E-state index < -0.39 is 5.92 Å². The molecule has 1 aliphatic heterocycles. The van der Waals surface area contributed by atoms with E-state index >= 15 is 0 Å². The normalized spacial score (nSPS) is 14.7. The predicted molar refractivity (Wildman–Crippen MR) is 148 cm³/mol. The second kappa shape index (κ2) is 9.82. The number of halogens is 2. The number of rotatable bonds is 5. The van der Waals surface area contributed by atoms with Crippen LogP contribution >= 0.6 is 34.5 Å². The Morgan fingerprint density at radius 2 is 1.61 bits per heavy atom. The van der Waals surface area contributed by atoms with Crippen molar-refractivity contribution < 1.29 is 9.59 Å². The first-order valence-electron chi connectivity index (χ1n) is 11.2. The van der Waals surface area contributed by atoms with Gasteiger partial charge in [-0.05, 0) is 55.0 Å². The van der Waals surface area contributed by atoms with E-state index in [2.05, 4.69) is 10.6 Å². The number of anilines is 3. The molecular weight excluding hydrogens is 513 g/mol. The Kier molecular flexibility index (Phi) is 6.58. The van der Waals surface area contributed by atoms with Crippen LogP contribution in [0.25, 0.3) is 0 Å². The number of benzene rings is 3. The van der Waals surface area contributed by atoms with Crippen molar-refractivity contribution in [3.05, 3.63) is 122 Å². The quantitative estimate of drug-likeness (QED) is 0.234. The van der Waals surface area contributed by atoms with Gasteiger partial charge in [0.25, 0.3) is 5.91 Å². The SMILES string of the molecule is CC1=C(C(=O)Nc2ccccc2)[C@H](c2ccccc2Cl)c2c(sc(C(=O)c3ccc(Cl)cc3)c2N)N1. The maximum absolute atomic E-state index is 13.6. The molecular formula is C28H21Cl2N3O2S. The van der Waals surface area contributed by atoms with Gasteiger partial charge in [0, 0.05) is 44.0 Å². The van der Waals surface area contributed by atoms with E-state index in [1.807, 2.05) is 55.5 Å². The maximum atomic E-state index is 13.6. The number of allylic oxidation sites excluding steroid dienone is 1. The van der Waals surface area contributed by atoms with E-state index in [4.69, 9.17) is 28.9 Å². The molecule has 0 fully saturated rings. The van der Waals surface area contributed by atoms with E-state index in [-0.39, 0.29) is 11.7 Å². The molecule has 0 bridgehead atoms. The third-order valence-electron chi connectivity index (χ3n) is 6.07. The predicted octanol–water partition coefficient (Wildman–Crippen LogP) is 7.34. The summed E-state index contributed by atoms with van der Waals surface area (Å²) in [6.45, 7) is 1.84. The van der Waals surface area contributed by atoms with Crippen LogP contribution in [-0.4, -0.2) is 11.7 Å². The van der Waals surface area contributed by atoms with Crippen molar-refractivity contribution in [1.82, 2.24) is 0 Å².